The van der Waals surface area contributed by atoms with Crippen molar-refractivity contribution in [1.82, 2.24) is 10.4 Å². The Morgan fingerprint density at radius 1 is 1.27 bits per heavy atom. The molecule has 2 amide bonds. The van der Waals surface area contributed by atoms with E-state index in [9.17, 15) is 18.4 Å². The monoisotopic (exact) mass is 416 g/mol. The fraction of sp³-hybridized carbons (Fsp3) is 0.150. The van der Waals surface area contributed by atoms with Crippen molar-refractivity contribution in [3.8, 4) is 17.2 Å². The van der Waals surface area contributed by atoms with Crippen LogP contribution in [0.25, 0.3) is 10.9 Å². The molecule has 10 heteroatoms. The number of nitrogens with two attached hydrogens (primary N) is 1. The number of pyridine rings is 1. The van der Waals surface area contributed by atoms with Crippen molar-refractivity contribution < 1.29 is 27.8 Å². The van der Waals surface area contributed by atoms with Crippen LogP contribution in [0.2, 0.25) is 0 Å². The number of nitrogens with zero attached hydrogens (tertiary/aromatic N) is 2. The number of carbonyl (C=O) groups is 2. The van der Waals surface area contributed by atoms with Gasteiger partial charge in [0.1, 0.15) is 23.9 Å². The predicted molar refractivity (Wildman–Crippen MR) is 106 cm³/mol. The summed E-state index contributed by atoms with van der Waals surface area (Å²) in [5.41, 5.74) is 8.38. The molecule has 30 heavy (non-hydrogen) atoms. The molecule has 0 fully saturated rings. The van der Waals surface area contributed by atoms with Crippen molar-refractivity contribution in [3.05, 3.63) is 54.0 Å². The van der Waals surface area contributed by atoms with E-state index in [4.69, 9.17) is 15.2 Å². The van der Waals surface area contributed by atoms with E-state index in [0.717, 1.165) is 11.1 Å². The predicted octanol–water partition coefficient (Wildman–Crippen LogP) is 2.71. The molecule has 1 heterocycles. The number of hydrazine groups is 1. The molecule has 0 bridgehead atoms. The molecule has 3 N–H and O–H groups in total. The molecule has 0 radical (unpaired) electrons. The van der Waals surface area contributed by atoms with Crippen molar-refractivity contribution in [1.29, 1.82) is 0 Å². The largest absolute Gasteiger partial charge is 0.496 e. The molecule has 1 aromatic heterocycles. The third-order valence-corrected chi connectivity index (χ3v) is 4.18. The van der Waals surface area contributed by atoms with Crippen LogP contribution in [0.3, 0.4) is 0 Å². The molecule has 0 saturated heterocycles. The van der Waals surface area contributed by atoms with E-state index < -0.39 is 18.4 Å². The number of hydrogen-bond acceptors (Lipinski definition) is 6. The summed E-state index contributed by atoms with van der Waals surface area (Å²) in [6.45, 7) is -0.870. The highest BCUT2D eigenvalue weighted by atomic mass is 19.1. The molecule has 156 valence electrons. The van der Waals surface area contributed by atoms with Gasteiger partial charge >= 0.3 is 0 Å². The van der Waals surface area contributed by atoms with Crippen molar-refractivity contribution in [2.24, 2.45) is 5.73 Å². The number of carbonyl (C=O) groups excluding carboxylic acids is 2. The van der Waals surface area contributed by atoms with Crippen LogP contribution in [0.1, 0.15) is 10.4 Å². The molecule has 0 atom stereocenters. The number of alkyl halides is 1. The lowest BCUT2D eigenvalue weighted by Gasteiger charge is -2.19. The molecule has 3 rings (SSSR count). The molecular formula is C20H18F2N4O4. The fourth-order valence-electron chi connectivity index (χ4n) is 2.81. The Balaban J connectivity index is 1.96. The summed E-state index contributed by atoms with van der Waals surface area (Å²) in [6, 6.07) is 8.41. The second-order valence-electron chi connectivity index (χ2n) is 6.03. The van der Waals surface area contributed by atoms with Crippen LogP contribution in [0.5, 0.6) is 17.2 Å². The number of aromatic nitrogens is 1. The van der Waals surface area contributed by atoms with E-state index in [0.29, 0.717) is 23.1 Å². The number of benzene rings is 2. The quantitative estimate of drug-likeness (QED) is 0.410. The maximum Gasteiger partial charge on any atom is 0.252 e. The highest BCUT2D eigenvalue weighted by Gasteiger charge is 2.16. The number of rotatable bonds is 9. The second kappa shape index (κ2) is 9.14. The van der Waals surface area contributed by atoms with E-state index in [1.54, 1.807) is 12.1 Å². The van der Waals surface area contributed by atoms with Crippen LogP contribution in [-0.2, 0) is 4.79 Å². The van der Waals surface area contributed by atoms with Crippen LogP contribution < -0.4 is 25.6 Å². The lowest BCUT2D eigenvalue weighted by Crippen LogP contribution is -2.38. The molecule has 0 saturated carbocycles. The van der Waals surface area contributed by atoms with Crippen molar-refractivity contribution >= 4 is 28.9 Å². The van der Waals surface area contributed by atoms with Gasteiger partial charge < -0.3 is 15.2 Å². The minimum Gasteiger partial charge on any atom is -0.496 e. The standard InChI is InChI=1S/C20H18F2N4O4/c1-29-19-10-16-13(9-14(19)20(23)28)18(4-6-24-16)30-12-2-3-17(15(22)8-12)26(11-27)25-7-5-21/h2-4,6,8-11,25H,5,7H2,1H3,(H2,23,28). The van der Waals surface area contributed by atoms with Gasteiger partial charge in [-0.2, -0.15) is 0 Å². The van der Waals surface area contributed by atoms with Crippen molar-refractivity contribution in [3.63, 3.8) is 0 Å². The summed E-state index contributed by atoms with van der Waals surface area (Å²) in [7, 11) is 1.41. The van der Waals surface area contributed by atoms with Crippen LogP contribution >= 0.6 is 0 Å². The molecular weight excluding hydrogens is 398 g/mol. The van der Waals surface area contributed by atoms with Gasteiger partial charge in [0.05, 0.1) is 23.9 Å². The van der Waals surface area contributed by atoms with Gasteiger partial charge in [0.25, 0.3) is 5.91 Å². The smallest absolute Gasteiger partial charge is 0.252 e. The summed E-state index contributed by atoms with van der Waals surface area (Å²) < 4.78 is 37.7. The topological polar surface area (TPSA) is 107 Å². The molecule has 0 aliphatic carbocycles. The molecule has 8 nitrogen and oxygen atoms in total. The third kappa shape index (κ3) is 4.28. The number of methoxy groups -OCH3 is 1. The Morgan fingerprint density at radius 3 is 2.70 bits per heavy atom. The fourth-order valence-corrected chi connectivity index (χ4v) is 2.81. The number of nitrogens with one attached hydrogen (secondary N) is 1. The van der Waals surface area contributed by atoms with E-state index in [1.807, 2.05) is 0 Å². The normalized spacial score (nSPS) is 10.6. The first-order valence-electron chi connectivity index (χ1n) is 8.76. The SMILES string of the molecule is COc1cc2nccc(Oc3ccc(N(C=O)NCCF)c(F)c3)c2cc1C(N)=O. The average Bonchev–Trinajstić information content (AvgIpc) is 2.74. The zero-order valence-electron chi connectivity index (χ0n) is 15.9. The van der Waals surface area contributed by atoms with Gasteiger partial charge in [0.2, 0.25) is 6.41 Å². The van der Waals surface area contributed by atoms with Gasteiger partial charge in [-0.15, -0.1) is 0 Å². The van der Waals surface area contributed by atoms with Gasteiger partial charge in [0.15, 0.2) is 5.82 Å². The summed E-state index contributed by atoms with van der Waals surface area (Å²) >= 11 is 0. The zero-order valence-corrected chi connectivity index (χ0v) is 15.9. The van der Waals surface area contributed by atoms with E-state index in [1.165, 1.54) is 31.5 Å². The first-order valence-corrected chi connectivity index (χ1v) is 8.76. The van der Waals surface area contributed by atoms with Crippen molar-refractivity contribution in [2.75, 3.05) is 25.3 Å². The van der Waals surface area contributed by atoms with E-state index >= 15 is 0 Å². The Hall–Kier alpha value is -3.79. The van der Waals surface area contributed by atoms with Crippen LogP contribution in [-0.4, -0.2) is 37.6 Å². The third-order valence-electron chi connectivity index (χ3n) is 4.18. The maximum atomic E-state index is 14.5. The summed E-state index contributed by atoms with van der Waals surface area (Å²) in [6.07, 6.45) is 1.82. The Labute approximate surface area is 170 Å². The number of amides is 2. The van der Waals surface area contributed by atoms with Crippen LogP contribution in [0.15, 0.2) is 42.6 Å². The van der Waals surface area contributed by atoms with E-state index in [2.05, 4.69) is 10.4 Å². The van der Waals surface area contributed by atoms with Gasteiger partial charge in [-0.3, -0.25) is 14.6 Å². The minimum absolute atomic E-state index is 0.0915. The number of halogens is 2. The molecule has 0 unspecified atom stereocenters. The first kappa shape index (κ1) is 20.9. The van der Waals surface area contributed by atoms with Crippen molar-refractivity contribution in [2.45, 2.75) is 0 Å². The number of fused-ring (bicyclic) bond motifs is 1. The molecule has 3 aromatic rings. The van der Waals surface area contributed by atoms with Gasteiger partial charge in [-0.1, -0.05) is 0 Å². The second-order valence-corrected chi connectivity index (χ2v) is 6.03. The molecule has 2 aromatic carbocycles. The molecule has 0 aliphatic rings. The first-order chi connectivity index (χ1) is 14.5. The lowest BCUT2D eigenvalue weighted by atomic mass is 10.1. The Kier molecular flexibility index (Phi) is 6.38. The van der Waals surface area contributed by atoms with Crippen LogP contribution in [0.4, 0.5) is 14.5 Å². The van der Waals surface area contributed by atoms with Crippen LogP contribution in [0, 0.1) is 5.82 Å². The van der Waals surface area contributed by atoms with E-state index in [-0.39, 0.29) is 29.3 Å². The zero-order chi connectivity index (χ0) is 21.7. The maximum absolute atomic E-state index is 14.5. The highest BCUT2D eigenvalue weighted by molar-refractivity contribution is 6.01. The Bertz CT molecular complexity index is 1090. The summed E-state index contributed by atoms with van der Waals surface area (Å²) in [5, 5.41) is 1.31. The average molecular weight is 416 g/mol. The van der Waals surface area contributed by atoms with Gasteiger partial charge in [0, 0.05) is 30.3 Å². The number of primary amides is 1. The number of hydrogen-bond donors (Lipinski definition) is 2. The van der Waals surface area contributed by atoms with Gasteiger partial charge in [-0.05, 0) is 24.3 Å². The summed E-state index contributed by atoms with van der Waals surface area (Å²) in [5.74, 6) is -0.737. The molecule has 0 spiro atoms. The highest BCUT2D eigenvalue weighted by Crippen LogP contribution is 2.34. The lowest BCUT2D eigenvalue weighted by molar-refractivity contribution is -0.108. The number of anilines is 1. The minimum atomic E-state index is -0.760. The molecule has 0 aliphatic heterocycles. The number of ether oxygens (including phenoxy) is 2. The Morgan fingerprint density at radius 2 is 2.07 bits per heavy atom. The van der Waals surface area contributed by atoms with Gasteiger partial charge in [-0.25, -0.2) is 19.2 Å². The summed E-state index contributed by atoms with van der Waals surface area (Å²) in [4.78, 5) is 27.0.